The molecule has 0 heterocycles. The second kappa shape index (κ2) is 18.3. The first-order chi connectivity index (χ1) is 13.7. The largest absolute Gasteiger partial charge is 0.444 e. The van der Waals surface area contributed by atoms with Gasteiger partial charge in [0.05, 0.1) is 0 Å². The summed E-state index contributed by atoms with van der Waals surface area (Å²) in [6, 6.07) is 0. The zero-order chi connectivity index (χ0) is 24.4. The summed E-state index contributed by atoms with van der Waals surface area (Å²) in [7, 11) is 0. The zero-order valence-corrected chi connectivity index (χ0v) is 22.0. The van der Waals surface area contributed by atoms with Crippen LogP contribution in [0, 0.1) is 11.8 Å². The number of carbonyl (C=O) groups is 2. The second-order valence-corrected chi connectivity index (χ2v) is 9.46. The minimum Gasteiger partial charge on any atom is -0.444 e. The van der Waals surface area contributed by atoms with E-state index in [-0.39, 0.29) is 12.2 Å². The van der Waals surface area contributed by atoms with Crippen LogP contribution in [0.1, 0.15) is 109 Å². The average molecular weight is 433 g/mol. The molecule has 30 heavy (non-hydrogen) atoms. The molecule has 0 aliphatic heterocycles. The van der Waals surface area contributed by atoms with E-state index in [1.165, 1.54) is 0 Å². The number of carbonyl (C=O) groups excluding carboxylic acids is 2. The van der Waals surface area contributed by atoms with Crippen LogP contribution < -0.4 is 10.6 Å². The number of rotatable bonds is 8. The van der Waals surface area contributed by atoms with E-state index >= 15 is 0 Å². The summed E-state index contributed by atoms with van der Waals surface area (Å²) < 4.78 is 10.2. The first kappa shape index (κ1) is 33.2. The van der Waals surface area contributed by atoms with Gasteiger partial charge >= 0.3 is 12.2 Å². The van der Waals surface area contributed by atoms with E-state index in [9.17, 15) is 9.59 Å². The molecule has 0 saturated heterocycles. The topological polar surface area (TPSA) is 76.7 Å². The number of amides is 2. The number of ether oxygens (including phenoxy) is 2. The van der Waals surface area contributed by atoms with E-state index in [1.54, 1.807) is 0 Å². The molecule has 0 saturated carbocycles. The SMILES string of the molecule is CC.CCC(C)CCNC(=O)OC(C)(C)C.CCC(C)CCNC(=O)OC(C)(C)C. The third-order valence-electron chi connectivity index (χ3n) is 4.00. The van der Waals surface area contributed by atoms with Crippen LogP contribution in [0.3, 0.4) is 0 Å². The summed E-state index contributed by atoms with van der Waals surface area (Å²) in [6.07, 6.45) is 3.68. The Morgan fingerprint density at radius 2 is 0.967 bits per heavy atom. The lowest BCUT2D eigenvalue weighted by molar-refractivity contribution is 0.0513. The van der Waals surface area contributed by atoms with Gasteiger partial charge in [-0.25, -0.2) is 9.59 Å². The third-order valence-corrected chi connectivity index (χ3v) is 4.00. The van der Waals surface area contributed by atoms with Crippen molar-refractivity contribution in [1.29, 1.82) is 0 Å². The maximum Gasteiger partial charge on any atom is 0.407 e. The Bertz CT molecular complexity index is 386. The highest BCUT2D eigenvalue weighted by atomic mass is 16.6. The first-order valence-electron chi connectivity index (χ1n) is 11.6. The molecule has 0 aliphatic rings. The van der Waals surface area contributed by atoms with Crippen molar-refractivity contribution >= 4 is 12.2 Å². The normalized spacial score (nSPS) is 12.8. The molecule has 6 heteroatoms. The fraction of sp³-hybridized carbons (Fsp3) is 0.917. The van der Waals surface area contributed by atoms with Crippen molar-refractivity contribution in [3.63, 3.8) is 0 Å². The van der Waals surface area contributed by atoms with Crippen LogP contribution >= 0.6 is 0 Å². The van der Waals surface area contributed by atoms with Gasteiger partial charge in [-0.2, -0.15) is 0 Å². The molecule has 6 nitrogen and oxygen atoms in total. The molecular formula is C24H52N2O4. The average Bonchev–Trinajstić information content (AvgIpc) is 2.60. The van der Waals surface area contributed by atoms with Crippen molar-refractivity contribution in [3.8, 4) is 0 Å². The van der Waals surface area contributed by atoms with Crippen molar-refractivity contribution in [2.45, 2.75) is 120 Å². The highest BCUT2D eigenvalue weighted by molar-refractivity contribution is 5.67. The van der Waals surface area contributed by atoms with Crippen molar-refractivity contribution in [3.05, 3.63) is 0 Å². The van der Waals surface area contributed by atoms with Gasteiger partial charge in [0, 0.05) is 13.1 Å². The van der Waals surface area contributed by atoms with Gasteiger partial charge in [-0.05, 0) is 66.2 Å². The summed E-state index contributed by atoms with van der Waals surface area (Å²) in [5.41, 5.74) is -0.805. The van der Waals surface area contributed by atoms with Gasteiger partial charge in [0.25, 0.3) is 0 Å². The Morgan fingerprint density at radius 1 is 0.700 bits per heavy atom. The zero-order valence-electron chi connectivity index (χ0n) is 22.0. The Labute approximate surface area is 187 Å². The molecular weight excluding hydrogens is 380 g/mol. The lowest BCUT2D eigenvalue weighted by atomic mass is 10.1. The number of hydrogen-bond donors (Lipinski definition) is 2. The van der Waals surface area contributed by atoms with Crippen LogP contribution in [0.4, 0.5) is 9.59 Å². The van der Waals surface area contributed by atoms with E-state index < -0.39 is 11.2 Å². The van der Waals surface area contributed by atoms with Crippen LogP contribution in [0.2, 0.25) is 0 Å². The monoisotopic (exact) mass is 432 g/mol. The predicted molar refractivity (Wildman–Crippen MR) is 128 cm³/mol. The summed E-state index contributed by atoms with van der Waals surface area (Å²) in [6.45, 7) is 25.2. The Hall–Kier alpha value is -1.46. The molecule has 2 N–H and O–H groups in total. The van der Waals surface area contributed by atoms with Gasteiger partial charge in [0.1, 0.15) is 11.2 Å². The van der Waals surface area contributed by atoms with Crippen LogP contribution in [0.25, 0.3) is 0 Å². The second-order valence-electron chi connectivity index (χ2n) is 9.46. The highest BCUT2D eigenvalue weighted by Gasteiger charge is 2.16. The number of nitrogens with one attached hydrogen (secondary N) is 2. The molecule has 0 fully saturated rings. The van der Waals surface area contributed by atoms with Gasteiger partial charge in [0.2, 0.25) is 0 Å². The molecule has 2 amide bonds. The Kier molecular flexibility index (Phi) is 20.3. The maximum absolute atomic E-state index is 11.2. The van der Waals surface area contributed by atoms with E-state index in [2.05, 4.69) is 38.3 Å². The summed E-state index contributed by atoms with van der Waals surface area (Å²) in [5, 5.41) is 5.49. The molecule has 2 unspecified atom stereocenters. The smallest absolute Gasteiger partial charge is 0.407 e. The Balaban J connectivity index is -0.000000448. The van der Waals surface area contributed by atoms with Crippen molar-refractivity contribution in [2.75, 3.05) is 13.1 Å². The molecule has 0 bridgehead atoms. The molecule has 0 aromatic heterocycles. The van der Waals surface area contributed by atoms with Crippen LogP contribution in [0.15, 0.2) is 0 Å². The van der Waals surface area contributed by atoms with Crippen LogP contribution in [0.5, 0.6) is 0 Å². The molecule has 0 aliphatic carbocycles. The van der Waals surface area contributed by atoms with E-state index in [0.717, 1.165) is 25.7 Å². The van der Waals surface area contributed by atoms with Gasteiger partial charge in [-0.3, -0.25) is 0 Å². The maximum atomic E-state index is 11.2. The molecule has 0 radical (unpaired) electrons. The molecule has 0 rings (SSSR count). The minimum absolute atomic E-state index is 0.319. The third kappa shape index (κ3) is 28.7. The van der Waals surface area contributed by atoms with Gasteiger partial charge in [-0.15, -0.1) is 0 Å². The summed E-state index contributed by atoms with van der Waals surface area (Å²) >= 11 is 0. The predicted octanol–water partition coefficient (Wildman–Crippen LogP) is 6.92. The molecule has 0 aromatic rings. The number of alkyl carbamates (subject to hydrolysis) is 2. The Morgan fingerprint density at radius 3 is 1.17 bits per heavy atom. The lowest BCUT2D eigenvalue weighted by Crippen LogP contribution is -2.33. The fourth-order valence-electron chi connectivity index (χ4n) is 1.88. The van der Waals surface area contributed by atoms with E-state index in [0.29, 0.717) is 24.9 Å². The van der Waals surface area contributed by atoms with Crippen LogP contribution in [-0.2, 0) is 9.47 Å². The fourth-order valence-corrected chi connectivity index (χ4v) is 1.88. The van der Waals surface area contributed by atoms with E-state index in [4.69, 9.17) is 9.47 Å². The van der Waals surface area contributed by atoms with E-state index in [1.807, 2.05) is 55.4 Å². The van der Waals surface area contributed by atoms with Gasteiger partial charge in [-0.1, -0.05) is 54.4 Å². The van der Waals surface area contributed by atoms with Crippen molar-refractivity contribution in [1.82, 2.24) is 10.6 Å². The van der Waals surface area contributed by atoms with Crippen LogP contribution in [-0.4, -0.2) is 36.5 Å². The number of hydrogen-bond acceptors (Lipinski definition) is 4. The van der Waals surface area contributed by atoms with Gasteiger partial charge in [0.15, 0.2) is 0 Å². The molecule has 0 spiro atoms. The van der Waals surface area contributed by atoms with Crippen molar-refractivity contribution in [2.24, 2.45) is 11.8 Å². The summed E-state index contributed by atoms with van der Waals surface area (Å²) in [4.78, 5) is 22.4. The first-order valence-corrected chi connectivity index (χ1v) is 11.6. The lowest BCUT2D eigenvalue weighted by Gasteiger charge is -2.20. The standard InChI is InChI=1S/2C11H23NO2.C2H6/c2*1-6-9(2)7-8-12-10(13)14-11(3,4)5;1-2/h2*9H,6-8H2,1-5H3,(H,12,13);1-2H3. The quantitative estimate of drug-likeness (QED) is 0.436. The molecule has 2 atom stereocenters. The minimum atomic E-state index is -0.402. The van der Waals surface area contributed by atoms with Gasteiger partial charge < -0.3 is 20.1 Å². The molecule has 182 valence electrons. The molecule has 0 aromatic carbocycles. The highest BCUT2D eigenvalue weighted by Crippen LogP contribution is 2.08. The summed E-state index contributed by atoms with van der Waals surface area (Å²) in [5.74, 6) is 1.31. The van der Waals surface area contributed by atoms with Crippen molar-refractivity contribution < 1.29 is 19.1 Å².